The zero-order chi connectivity index (χ0) is 20.7. The summed E-state index contributed by atoms with van der Waals surface area (Å²) in [6.45, 7) is 1.99. The van der Waals surface area contributed by atoms with Gasteiger partial charge < -0.3 is 11.1 Å². The standard InChI is InChI=1S/C23H20N6O/c1-14-9-11-15(12-10-14)21(30)25-17-6-4-5-16(13-17)20-27-22(24)28-23-26-18-7-2-3-8-19(18)29(20)23/h2-13,20H,1H3,(H,25,30)(H3,24,26,27,28)/t20-/m0/s1. The number of hydrogen-bond donors (Lipinski definition) is 3. The first kappa shape index (κ1) is 17.9. The van der Waals surface area contributed by atoms with Gasteiger partial charge in [-0.25, -0.2) is 9.98 Å². The molecule has 0 bridgehead atoms. The first-order valence-electron chi connectivity index (χ1n) is 9.64. The number of guanidine groups is 1. The molecule has 1 aromatic heterocycles. The van der Waals surface area contributed by atoms with Crippen LogP contribution in [0.2, 0.25) is 0 Å². The lowest BCUT2D eigenvalue weighted by Crippen LogP contribution is -2.31. The van der Waals surface area contributed by atoms with Crippen molar-refractivity contribution in [2.45, 2.75) is 13.1 Å². The summed E-state index contributed by atoms with van der Waals surface area (Å²) in [5.41, 5.74) is 11.1. The summed E-state index contributed by atoms with van der Waals surface area (Å²) < 4.78 is 2.01. The van der Waals surface area contributed by atoms with Crippen LogP contribution in [0.4, 0.5) is 11.6 Å². The van der Waals surface area contributed by atoms with Crippen LogP contribution in [-0.4, -0.2) is 21.4 Å². The van der Waals surface area contributed by atoms with E-state index in [1.807, 2.05) is 84.3 Å². The Balaban J connectivity index is 1.50. The molecular weight excluding hydrogens is 376 g/mol. The highest BCUT2D eigenvalue weighted by atomic mass is 16.1. The van der Waals surface area contributed by atoms with Crippen molar-refractivity contribution in [1.29, 1.82) is 0 Å². The Bertz CT molecular complexity index is 1290. The minimum absolute atomic E-state index is 0.158. The lowest BCUT2D eigenvalue weighted by molar-refractivity contribution is 0.102. The van der Waals surface area contributed by atoms with Gasteiger partial charge >= 0.3 is 0 Å². The second-order valence-electron chi connectivity index (χ2n) is 7.25. The summed E-state index contributed by atoms with van der Waals surface area (Å²) in [4.78, 5) is 21.8. The number of nitrogens with two attached hydrogens (primary N) is 1. The highest BCUT2D eigenvalue weighted by Gasteiger charge is 2.25. The SMILES string of the molecule is Cc1ccc(C(=O)Nc2cccc([C@H]3N=C(N)Nc4nc5ccccc5n43)c2)cc1. The van der Waals surface area contributed by atoms with Gasteiger partial charge in [0.15, 0.2) is 12.1 Å². The van der Waals surface area contributed by atoms with Gasteiger partial charge in [0.05, 0.1) is 11.0 Å². The molecule has 4 aromatic rings. The minimum atomic E-state index is -0.384. The maximum Gasteiger partial charge on any atom is 0.255 e. The van der Waals surface area contributed by atoms with Crippen LogP contribution in [0.15, 0.2) is 77.8 Å². The van der Waals surface area contributed by atoms with E-state index in [-0.39, 0.29) is 12.1 Å². The van der Waals surface area contributed by atoms with Gasteiger partial charge in [-0.1, -0.05) is 42.0 Å². The molecule has 1 aliphatic heterocycles. The van der Waals surface area contributed by atoms with Crippen LogP contribution in [-0.2, 0) is 0 Å². The minimum Gasteiger partial charge on any atom is -0.370 e. The monoisotopic (exact) mass is 396 g/mol. The Kier molecular flexibility index (Phi) is 4.21. The van der Waals surface area contributed by atoms with Gasteiger partial charge in [-0.15, -0.1) is 0 Å². The van der Waals surface area contributed by atoms with Crippen molar-refractivity contribution in [1.82, 2.24) is 9.55 Å². The highest BCUT2D eigenvalue weighted by Crippen LogP contribution is 2.33. The number of fused-ring (bicyclic) bond motifs is 3. The van der Waals surface area contributed by atoms with E-state index in [4.69, 9.17) is 5.73 Å². The van der Waals surface area contributed by atoms with Crippen LogP contribution in [0.5, 0.6) is 0 Å². The van der Waals surface area contributed by atoms with E-state index in [1.165, 1.54) is 0 Å². The first-order chi connectivity index (χ1) is 14.6. The van der Waals surface area contributed by atoms with Gasteiger partial charge in [0.25, 0.3) is 5.91 Å². The molecule has 7 nitrogen and oxygen atoms in total. The number of anilines is 2. The molecule has 0 radical (unpaired) electrons. The number of rotatable bonds is 3. The third-order valence-corrected chi connectivity index (χ3v) is 5.10. The first-order valence-corrected chi connectivity index (χ1v) is 9.64. The van der Waals surface area contributed by atoms with Gasteiger partial charge in [0.1, 0.15) is 0 Å². The predicted molar refractivity (Wildman–Crippen MR) is 119 cm³/mol. The second-order valence-corrected chi connectivity index (χ2v) is 7.25. The number of aliphatic imine (C=N–C) groups is 1. The second kappa shape index (κ2) is 7.04. The number of imidazole rings is 1. The maximum absolute atomic E-state index is 12.6. The van der Waals surface area contributed by atoms with Gasteiger partial charge in [-0.05, 0) is 48.9 Å². The topological polar surface area (TPSA) is 97.3 Å². The Morgan fingerprint density at radius 3 is 2.70 bits per heavy atom. The molecule has 1 atom stereocenters. The molecule has 4 N–H and O–H groups in total. The number of nitrogens with zero attached hydrogens (tertiary/aromatic N) is 3. The number of aromatic nitrogens is 2. The smallest absolute Gasteiger partial charge is 0.255 e. The normalized spacial score (nSPS) is 15.2. The Labute approximate surface area is 173 Å². The molecule has 1 aliphatic rings. The molecule has 1 amide bonds. The van der Waals surface area contributed by atoms with E-state index in [0.29, 0.717) is 23.2 Å². The molecule has 148 valence electrons. The molecule has 0 saturated carbocycles. The van der Waals surface area contributed by atoms with Crippen molar-refractivity contribution in [2.24, 2.45) is 10.7 Å². The molecule has 7 heteroatoms. The average Bonchev–Trinajstić information content (AvgIpc) is 3.12. The lowest BCUT2D eigenvalue weighted by Gasteiger charge is -2.24. The van der Waals surface area contributed by atoms with E-state index >= 15 is 0 Å². The Hall–Kier alpha value is -4.13. The zero-order valence-corrected chi connectivity index (χ0v) is 16.3. The summed E-state index contributed by atoms with van der Waals surface area (Å²) in [6, 6.07) is 23.0. The third-order valence-electron chi connectivity index (χ3n) is 5.10. The molecule has 2 heterocycles. The summed E-state index contributed by atoms with van der Waals surface area (Å²) >= 11 is 0. The number of nitrogens with one attached hydrogen (secondary N) is 2. The Morgan fingerprint density at radius 2 is 1.87 bits per heavy atom. The van der Waals surface area contributed by atoms with Gasteiger partial charge in [-0.2, -0.15) is 0 Å². The average molecular weight is 396 g/mol. The van der Waals surface area contributed by atoms with Crippen LogP contribution in [0.25, 0.3) is 11.0 Å². The fourth-order valence-electron chi connectivity index (χ4n) is 3.63. The van der Waals surface area contributed by atoms with Crippen molar-refractivity contribution in [2.75, 3.05) is 10.6 Å². The van der Waals surface area contributed by atoms with Crippen molar-refractivity contribution in [3.05, 3.63) is 89.5 Å². The third kappa shape index (κ3) is 3.16. The van der Waals surface area contributed by atoms with E-state index in [2.05, 4.69) is 20.6 Å². The maximum atomic E-state index is 12.6. The van der Waals surface area contributed by atoms with Gasteiger partial charge in [0, 0.05) is 11.3 Å². The highest BCUT2D eigenvalue weighted by molar-refractivity contribution is 6.04. The van der Waals surface area contributed by atoms with Crippen molar-refractivity contribution < 1.29 is 4.79 Å². The van der Waals surface area contributed by atoms with Crippen LogP contribution in [0, 0.1) is 6.92 Å². The zero-order valence-electron chi connectivity index (χ0n) is 16.3. The van der Waals surface area contributed by atoms with Crippen LogP contribution >= 0.6 is 0 Å². The number of carbonyl (C=O) groups excluding carboxylic acids is 1. The summed E-state index contributed by atoms with van der Waals surface area (Å²) in [5.74, 6) is 0.786. The van der Waals surface area contributed by atoms with E-state index in [0.717, 1.165) is 22.2 Å². The fourth-order valence-corrected chi connectivity index (χ4v) is 3.63. The molecule has 3 aromatic carbocycles. The molecule has 0 aliphatic carbocycles. The predicted octanol–water partition coefficient (Wildman–Crippen LogP) is 3.88. The summed E-state index contributed by atoms with van der Waals surface area (Å²) in [5, 5.41) is 6.00. The van der Waals surface area contributed by atoms with E-state index in [1.54, 1.807) is 0 Å². The number of carbonyl (C=O) groups is 1. The largest absolute Gasteiger partial charge is 0.370 e. The number of amides is 1. The Morgan fingerprint density at radius 1 is 1.07 bits per heavy atom. The fraction of sp³-hybridized carbons (Fsp3) is 0.0870. The van der Waals surface area contributed by atoms with E-state index in [9.17, 15) is 4.79 Å². The summed E-state index contributed by atoms with van der Waals surface area (Å²) in [6.07, 6.45) is -0.384. The molecule has 0 saturated heterocycles. The van der Waals surface area contributed by atoms with Crippen LogP contribution in [0.1, 0.15) is 27.7 Å². The molecule has 5 rings (SSSR count). The molecule has 0 unspecified atom stereocenters. The number of benzene rings is 3. The van der Waals surface area contributed by atoms with Gasteiger partial charge in [-0.3, -0.25) is 14.7 Å². The molecule has 30 heavy (non-hydrogen) atoms. The molecule has 0 spiro atoms. The number of hydrogen-bond acceptors (Lipinski definition) is 5. The lowest BCUT2D eigenvalue weighted by atomic mass is 10.1. The number of aryl methyl sites for hydroxylation is 1. The molecule has 0 fully saturated rings. The van der Waals surface area contributed by atoms with Gasteiger partial charge in [0.2, 0.25) is 5.95 Å². The van der Waals surface area contributed by atoms with Crippen molar-refractivity contribution >= 4 is 34.5 Å². The van der Waals surface area contributed by atoms with Crippen LogP contribution < -0.4 is 16.4 Å². The number of para-hydroxylation sites is 2. The quantitative estimate of drug-likeness (QED) is 0.489. The molecular formula is C23H20N6O. The van der Waals surface area contributed by atoms with Crippen molar-refractivity contribution in [3.63, 3.8) is 0 Å². The van der Waals surface area contributed by atoms with Crippen molar-refractivity contribution in [3.8, 4) is 0 Å². The summed E-state index contributed by atoms with van der Waals surface area (Å²) in [7, 11) is 0. The van der Waals surface area contributed by atoms with E-state index < -0.39 is 0 Å². The van der Waals surface area contributed by atoms with Crippen LogP contribution in [0.3, 0.4) is 0 Å².